The highest BCUT2D eigenvalue weighted by molar-refractivity contribution is 6.08. The van der Waals surface area contributed by atoms with Gasteiger partial charge in [0.15, 0.2) is 0 Å². The highest BCUT2D eigenvalue weighted by Gasteiger charge is 2.19. The predicted octanol–water partition coefficient (Wildman–Crippen LogP) is 3.58. The molecule has 0 fully saturated rings. The number of aromatic nitrogens is 3. The average molecular weight is 458 g/mol. The van der Waals surface area contributed by atoms with Gasteiger partial charge in [-0.25, -0.2) is 4.98 Å². The molecule has 8 heteroatoms. The first-order valence-corrected chi connectivity index (χ1v) is 11.1. The van der Waals surface area contributed by atoms with Crippen molar-refractivity contribution < 1.29 is 14.3 Å². The fourth-order valence-electron chi connectivity index (χ4n) is 3.92. The Morgan fingerprint density at radius 2 is 1.82 bits per heavy atom. The van der Waals surface area contributed by atoms with Gasteiger partial charge in [0.2, 0.25) is 5.91 Å². The van der Waals surface area contributed by atoms with Gasteiger partial charge in [-0.05, 0) is 42.7 Å². The third-order valence-corrected chi connectivity index (χ3v) is 5.48. The molecule has 2 heterocycles. The first-order chi connectivity index (χ1) is 16.6. The molecule has 4 aromatic rings. The summed E-state index contributed by atoms with van der Waals surface area (Å²) >= 11 is 0. The van der Waals surface area contributed by atoms with Crippen LogP contribution >= 0.6 is 0 Å². The summed E-state index contributed by atoms with van der Waals surface area (Å²) in [6.45, 7) is 0.452. The molecule has 0 saturated carbocycles. The van der Waals surface area contributed by atoms with Crippen LogP contribution in [0.4, 0.5) is 5.69 Å². The maximum Gasteiger partial charge on any atom is 0.253 e. The van der Waals surface area contributed by atoms with E-state index in [0.717, 1.165) is 18.4 Å². The molecule has 0 aliphatic rings. The van der Waals surface area contributed by atoms with Crippen molar-refractivity contribution in [2.75, 3.05) is 25.6 Å². The van der Waals surface area contributed by atoms with E-state index in [1.165, 1.54) is 12.7 Å². The molecule has 2 amide bonds. The molecule has 0 radical (unpaired) electrons. The van der Waals surface area contributed by atoms with E-state index >= 15 is 0 Å². The number of amides is 2. The average Bonchev–Trinajstić information content (AvgIpc) is 3.18. The number of rotatable bonds is 9. The zero-order valence-electron chi connectivity index (χ0n) is 19.2. The van der Waals surface area contributed by atoms with Gasteiger partial charge in [0, 0.05) is 44.3 Å². The number of hydrogen-bond donors (Lipinski definition) is 2. The maximum absolute atomic E-state index is 13.2. The molecule has 174 valence electrons. The summed E-state index contributed by atoms with van der Waals surface area (Å²) in [5, 5.41) is 5.80. The molecule has 0 unspecified atom stereocenters. The molecule has 34 heavy (non-hydrogen) atoms. The number of methoxy groups -OCH3 is 1. The first-order valence-electron chi connectivity index (χ1n) is 11.1. The second-order valence-corrected chi connectivity index (χ2v) is 7.95. The molecule has 2 N–H and O–H groups in total. The summed E-state index contributed by atoms with van der Waals surface area (Å²) in [5.74, 6) is 0.183. The smallest absolute Gasteiger partial charge is 0.253 e. The summed E-state index contributed by atoms with van der Waals surface area (Å²) in [6, 6.07) is 17.3. The lowest BCUT2D eigenvalue weighted by Crippen LogP contribution is -2.26. The predicted molar refractivity (Wildman–Crippen MR) is 132 cm³/mol. The van der Waals surface area contributed by atoms with E-state index in [2.05, 4.69) is 27.8 Å². The number of imidazole rings is 1. The van der Waals surface area contributed by atoms with Gasteiger partial charge in [-0.2, -0.15) is 0 Å². The summed E-state index contributed by atoms with van der Waals surface area (Å²) in [5.41, 5.74) is 4.35. The lowest BCUT2D eigenvalue weighted by Gasteiger charge is -2.11. The molecule has 0 saturated heterocycles. The lowest BCUT2D eigenvalue weighted by atomic mass is 10.1. The Balaban J connectivity index is 1.62. The van der Waals surface area contributed by atoms with Crippen LogP contribution in [0.25, 0.3) is 22.4 Å². The van der Waals surface area contributed by atoms with Crippen LogP contribution in [-0.4, -0.2) is 46.6 Å². The van der Waals surface area contributed by atoms with Gasteiger partial charge in [0.25, 0.3) is 5.91 Å². The molecule has 2 aromatic heterocycles. The molecule has 0 atom stereocenters. The van der Waals surface area contributed by atoms with Crippen molar-refractivity contribution in [1.29, 1.82) is 0 Å². The molecule has 4 rings (SSSR count). The molecule has 0 aliphatic carbocycles. The number of nitrogens with zero attached hydrogens (tertiary/aromatic N) is 3. The lowest BCUT2D eigenvalue weighted by molar-refractivity contribution is -0.119. The quantitative estimate of drug-likeness (QED) is 0.375. The van der Waals surface area contributed by atoms with E-state index < -0.39 is 0 Å². The van der Waals surface area contributed by atoms with Crippen LogP contribution in [0.3, 0.4) is 0 Å². The van der Waals surface area contributed by atoms with E-state index in [4.69, 9.17) is 9.72 Å². The summed E-state index contributed by atoms with van der Waals surface area (Å²) in [4.78, 5) is 34.1. The van der Waals surface area contributed by atoms with Crippen LogP contribution in [0.5, 0.6) is 0 Å². The second-order valence-electron chi connectivity index (χ2n) is 7.95. The van der Waals surface area contributed by atoms with Crippen molar-refractivity contribution in [2.24, 2.45) is 7.05 Å². The number of carbonyl (C=O) groups is 2. The fraction of sp³-hybridized carbons (Fsp3) is 0.231. The standard InChI is InChI=1S/C26H27N5O3/c1-31-24-21(26(33)28-12-6-9-18-7-4-3-5-8-18)15-20(29-23(32)17-34-2)16-22(24)30-25(31)19-10-13-27-14-11-19/h3-5,7-8,10-11,13-16H,6,9,12,17H2,1-2H3,(H,28,33)(H,29,32). The summed E-state index contributed by atoms with van der Waals surface area (Å²) in [7, 11) is 3.33. The maximum atomic E-state index is 13.2. The Kier molecular flexibility index (Phi) is 7.29. The number of ether oxygens (including phenoxy) is 1. The molecule has 8 nitrogen and oxygen atoms in total. The molecule has 0 aliphatic heterocycles. The number of anilines is 1. The van der Waals surface area contributed by atoms with Crippen molar-refractivity contribution in [3.63, 3.8) is 0 Å². The molecular weight excluding hydrogens is 430 g/mol. The van der Waals surface area contributed by atoms with Gasteiger partial charge in [0.1, 0.15) is 12.4 Å². The first kappa shape index (κ1) is 23.1. The highest BCUT2D eigenvalue weighted by atomic mass is 16.5. The summed E-state index contributed by atoms with van der Waals surface area (Å²) in [6.07, 6.45) is 5.09. The minimum Gasteiger partial charge on any atom is -0.375 e. The summed E-state index contributed by atoms with van der Waals surface area (Å²) < 4.78 is 6.80. The van der Waals surface area contributed by atoms with Gasteiger partial charge in [-0.3, -0.25) is 14.6 Å². The SMILES string of the molecule is COCC(=O)Nc1cc(C(=O)NCCCc2ccccc2)c2c(c1)nc(-c1ccncc1)n2C. The number of hydrogen-bond acceptors (Lipinski definition) is 5. The molecule has 0 bridgehead atoms. The fourth-order valence-corrected chi connectivity index (χ4v) is 3.92. The monoisotopic (exact) mass is 457 g/mol. The van der Waals surface area contributed by atoms with Crippen molar-refractivity contribution in [2.45, 2.75) is 12.8 Å². The second kappa shape index (κ2) is 10.7. The van der Waals surface area contributed by atoms with E-state index in [-0.39, 0.29) is 18.4 Å². The minimum absolute atomic E-state index is 0.0798. The van der Waals surface area contributed by atoms with E-state index in [9.17, 15) is 9.59 Å². The van der Waals surface area contributed by atoms with Crippen LogP contribution in [0.2, 0.25) is 0 Å². The minimum atomic E-state index is -0.304. The van der Waals surface area contributed by atoms with Crippen molar-refractivity contribution in [3.8, 4) is 11.4 Å². The van der Waals surface area contributed by atoms with Crippen molar-refractivity contribution in [1.82, 2.24) is 19.9 Å². The Bertz CT molecular complexity index is 1290. The van der Waals surface area contributed by atoms with Crippen LogP contribution in [0, 0.1) is 0 Å². The Morgan fingerprint density at radius 1 is 1.06 bits per heavy atom. The number of nitrogens with one attached hydrogen (secondary N) is 2. The number of benzene rings is 2. The zero-order chi connectivity index (χ0) is 23.9. The van der Waals surface area contributed by atoms with Gasteiger partial charge in [0.05, 0.1) is 16.6 Å². The number of carbonyl (C=O) groups excluding carboxylic acids is 2. The number of aryl methyl sites for hydroxylation is 2. The highest BCUT2D eigenvalue weighted by Crippen LogP contribution is 2.29. The third kappa shape index (κ3) is 5.29. The van der Waals surface area contributed by atoms with Crippen LogP contribution < -0.4 is 10.6 Å². The zero-order valence-corrected chi connectivity index (χ0v) is 19.2. The van der Waals surface area contributed by atoms with Gasteiger partial charge in [-0.1, -0.05) is 30.3 Å². The normalized spacial score (nSPS) is 10.9. The molecular formula is C26H27N5O3. The number of pyridine rings is 1. The molecule has 2 aromatic carbocycles. The van der Waals surface area contributed by atoms with Gasteiger partial charge >= 0.3 is 0 Å². The van der Waals surface area contributed by atoms with E-state index in [1.807, 2.05) is 41.9 Å². The molecule has 0 spiro atoms. The van der Waals surface area contributed by atoms with Crippen molar-refractivity contribution >= 4 is 28.5 Å². The Hall–Kier alpha value is -4.04. The Labute approximate surface area is 198 Å². The Morgan fingerprint density at radius 3 is 2.56 bits per heavy atom. The van der Waals surface area contributed by atoms with Gasteiger partial charge < -0.3 is 19.9 Å². The van der Waals surface area contributed by atoms with Crippen LogP contribution in [-0.2, 0) is 23.0 Å². The topological polar surface area (TPSA) is 98.1 Å². The van der Waals surface area contributed by atoms with E-state index in [0.29, 0.717) is 34.7 Å². The third-order valence-electron chi connectivity index (χ3n) is 5.48. The van der Waals surface area contributed by atoms with Crippen LogP contribution in [0.15, 0.2) is 67.0 Å². The van der Waals surface area contributed by atoms with Crippen LogP contribution in [0.1, 0.15) is 22.3 Å². The van der Waals surface area contributed by atoms with Crippen molar-refractivity contribution in [3.05, 3.63) is 78.1 Å². The van der Waals surface area contributed by atoms with Gasteiger partial charge in [-0.15, -0.1) is 0 Å². The van der Waals surface area contributed by atoms with E-state index in [1.54, 1.807) is 24.5 Å². The largest absolute Gasteiger partial charge is 0.375 e. The number of fused-ring (bicyclic) bond motifs is 1.